The van der Waals surface area contributed by atoms with E-state index in [0.717, 1.165) is 85.0 Å². The maximum Gasteiger partial charge on any atom is 0.105 e. The van der Waals surface area contributed by atoms with Crippen molar-refractivity contribution in [1.29, 1.82) is 0 Å². The first-order chi connectivity index (χ1) is 15.3. The Hall–Kier alpha value is -1.76. The average molecular weight is 441 g/mol. The van der Waals surface area contributed by atoms with Crippen LogP contribution in [0, 0.1) is 0 Å². The summed E-state index contributed by atoms with van der Waals surface area (Å²) in [4.78, 5) is 4.31. The molecule has 3 N–H and O–H groups in total. The normalized spacial score (nSPS) is 17.0. The smallest absolute Gasteiger partial charge is 0.105 e. The number of benzene rings is 2. The monoisotopic (exact) mass is 440 g/mol. The lowest BCUT2D eigenvalue weighted by Crippen LogP contribution is -2.13. The van der Waals surface area contributed by atoms with Crippen molar-refractivity contribution in [3.63, 3.8) is 0 Å². The van der Waals surface area contributed by atoms with Gasteiger partial charge in [0.2, 0.25) is 0 Å². The first-order valence-electron chi connectivity index (χ1n) is 11.9. The number of rotatable bonds is 12. The molecule has 1 aliphatic rings. The van der Waals surface area contributed by atoms with Crippen LogP contribution in [0.15, 0.2) is 36.4 Å². The zero-order chi connectivity index (χ0) is 23.3. The summed E-state index contributed by atoms with van der Waals surface area (Å²) in [6.07, 6.45) is 3.74. The molecule has 2 aromatic rings. The predicted octanol–water partition coefficient (Wildman–Crippen LogP) is 4.28. The Balaban J connectivity index is 1.66. The molecule has 32 heavy (non-hydrogen) atoms. The van der Waals surface area contributed by atoms with Crippen molar-refractivity contribution in [2.45, 2.75) is 56.8 Å². The number of aliphatic hydroxyl groups excluding tert-OH is 3. The summed E-state index contributed by atoms with van der Waals surface area (Å²) in [5, 5.41) is 32.3. The van der Waals surface area contributed by atoms with Crippen molar-refractivity contribution in [3.05, 3.63) is 58.7 Å². The lowest BCUT2D eigenvalue weighted by molar-refractivity contribution is 0.161. The zero-order valence-corrected chi connectivity index (χ0v) is 20.1. The molecule has 2 aromatic carbocycles. The third kappa shape index (κ3) is 6.18. The molecule has 176 valence electrons. The molecule has 0 amide bonds. The summed E-state index contributed by atoms with van der Waals surface area (Å²) in [7, 11) is 8.24. The second-order valence-electron chi connectivity index (χ2n) is 9.73. The van der Waals surface area contributed by atoms with E-state index in [2.05, 4.69) is 38.0 Å². The van der Waals surface area contributed by atoms with Gasteiger partial charge in [0.1, 0.15) is 6.10 Å². The van der Waals surface area contributed by atoms with Gasteiger partial charge in [0, 0.05) is 0 Å². The Morgan fingerprint density at radius 2 is 1.09 bits per heavy atom. The van der Waals surface area contributed by atoms with E-state index in [9.17, 15) is 15.3 Å². The van der Waals surface area contributed by atoms with E-state index in [0.29, 0.717) is 0 Å². The quantitative estimate of drug-likeness (QED) is 0.430. The van der Waals surface area contributed by atoms with Crippen LogP contribution in [-0.2, 0) is 0 Å². The minimum atomic E-state index is -0.721. The van der Waals surface area contributed by atoms with Gasteiger partial charge >= 0.3 is 0 Å². The van der Waals surface area contributed by atoms with Crippen molar-refractivity contribution in [2.24, 2.45) is 0 Å². The number of fused-ring (bicyclic) bond motifs is 3. The van der Waals surface area contributed by atoms with Crippen LogP contribution in [0.5, 0.6) is 0 Å². The second kappa shape index (κ2) is 11.4. The van der Waals surface area contributed by atoms with Gasteiger partial charge in [-0.2, -0.15) is 0 Å². The fraction of sp³-hybridized carbons (Fsp3) is 0.556. The molecule has 0 bridgehead atoms. The molecule has 2 unspecified atom stereocenters. The number of hydrogen-bond acceptors (Lipinski definition) is 5. The molecule has 0 aliphatic heterocycles. The van der Waals surface area contributed by atoms with Crippen LogP contribution in [-0.4, -0.2) is 66.4 Å². The maximum absolute atomic E-state index is 11.0. The zero-order valence-electron chi connectivity index (χ0n) is 20.1. The van der Waals surface area contributed by atoms with Gasteiger partial charge in [-0.15, -0.1) is 0 Å². The molecule has 0 spiro atoms. The lowest BCUT2D eigenvalue weighted by atomic mass is 9.97. The predicted molar refractivity (Wildman–Crippen MR) is 131 cm³/mol. The van der Waals surface area contributed by atoms with E-state index in [4.69, 9.17) is 0 Å². The highest BCUT2D eigenvalue weighted by Gasteiger charge is 2.28. The Morgan fingerprint density at radius 3 is 1.47 bits per heavy atom. The molecule has 0 heterocycles. The van der Waals surface area contributed by atoms with Gasteiger partial charge in [-0.25, -0.2) is 0 Å². The Kier molecular flexibility index (Phi) is 8.86. The van der Waals surface area contributed by atoms with Crippen LogP contribution in [0.3, 0.4) is 0 Å². The summed E-state index contributed by atoms with van der Waals surface area (Å²) in [5.41, 5.74) is 5.46. The van der Waals surface area contributed by atoms with Crippen LogP contribution < -0.4 is 0 Å². The molecule has 1 aliphatic carbocycles. The van der Waals surface area contributed by atoms with Crippen molar-refractivity contribution >= 4 is 0 Å². The first-order valence-corrected chi connectivity index (χ1v) is 11.9. The number of unbranched alkanes of at least 4 members (excludes halogenated alkanes) is 2. The van der Waals surface area contributed by atoms with Gasteiger partial charge in [0.05, 0.1) is 12.2 Å². The molecule has 2 atom stereocenters. The summed E-state index contributed by atoms with van der Waals surface area (Å²) >= 11 is 0. The van der Waals surface area contributed by atoms with E-state index in [1.807, 2.05) is 36.4 Å². The summed E-state index contributed by atoms with van der Waals surface area (Å²) in [5.74, 6) is 0. The molecule has 5 nitrogen and oxygen atoms in total. The number of hydrogen-bond donors (Lipinski definition) is 3. The highest BCUT2D eigenvalue weighted by molar-refractivity contribution is 5.78. The lowest BCUT2D eigenvalue weighted by Gasteiger charge is -2.15. The Morgan fingerprint density at radius 1 is 0.688 bits per heavy atom. The van der Waals surface area contributed by atoms with Crippen molar-refractivity contribution in [3.8, 4) is 11.1 Å². The van der Waals surface area contributed by atoms with E-state index in [1.54, 1.807) is 0 Å². The van der Waals surface area contributed by atoms with E-state index < -0.39 is 18.3 Å². The van der Waals surface area contributed by atoms with Crippen molar-refractivity contribution < 1.29 is 15.3 Å². The average Bonchev–Trinajstić information content (AvgIpc) is 3.04. The Bertz CT molecular complexity index is 810. The molecule has 3 rings (SSSR count). The molecule has 0 saturated carbocycles. The van der Waals surface area contributed by atoms with Crippen molar-refractivity contribution in [1.82, 2.24) is 9.80 Å². The van der Waals surface area contributed by atoms with Gasteiger partial charge in [-0.05, 0) is 125 Å². The van der Waals surface area contributed by atoms with Crippen LogP contribution in [0.4, 0.5) is 0 Å². The molecule has 0 fully saturated rings. The fourth-order valence-electron chi connectivity index (χ4n) is 4.55. The summed E-state index contributed by atoms with van der Waals surface area (Å²) in [6.45, 7) is 2.05. The first kappa shape index (κ1) is 24.9. The minimum Gasteiger partial charge on any atom is -0.388 e. The van der Waals surface area contributed by atoms with Crippen LogP contribution in [0.2, 0.25) is 0 Å². The molecule has 5 heteroatoms. The number of nitrogens with zero attached hydrogens (tertiary/aromatic N) is 2. The minimum absolute atomic E-state index is 0.516. The molecule has 0 saturated heterocycles. The van der Waals surface area contributed by atoms with E-state index in [-0.39, 0.29) is 0 Å². The molecule has 0 aromatic heterocycles. The van der Waals surface area contributed by atoms with Gasteiger partial charge < -0.3 is 25.1 Å². The van der Waals surface area contributed by atoms with Gasteiger partial charge in [0.25, 0.3) is 0 Å². The van der Waals surface area contributed by atoms with E-state index >= 15 is 0 Å². The third-order valence-electron chi connectivity index (χ3n) is 6.47. The van der Waals surface area contributed by atoms with Gasteiger partial charge in [-0.3, -0.25) is 0 Å². The molecular formula is C27H40N2O3. The number of aliphatic hydroxyl groups is 3. The van der Waals surface area contributed by atoms with Gasteiger partial charge in [0.15, 0.2) is 0 Å². The summed E-state index contributed by atoms with van der Waals surface area (Å²) in [6, 6.07) is 11.9. The highest BCUT2D eigenvalue weighted by atomic mass is 16.3. The maximum atomic E-state index is 11.0. The topological polar surface area (TPSA) is 67.2 Å². The third-order valence-corrected chi connectivity index (χ3v) is 6.47. The van der Waals surface area contributed by atoms with Crippen LogP contribution >= 0.6 is 0 Å². The van der Waals surface area contributed by atoms with Crippen LogP contribution in [0.25, 0.3) is 11.1 Å². The second-order valence-corrected chi connectivity index (χ2v) is 9.73. The van der Waals surface area contributed by atoms with Crippen LogP contribution in [0.1, 0.15) is 79.1 Å². The van der Waals surface area contributed by atoms with E-state index in [1.165, 1.54) is 0 Å². The summed E-state index contributed by atoms with van der Waals surface area (Å²) < 4.78 is 0. The standard InChI is InChI=1S/C27H40N2O3/c1-28(2)15-7-5-9-25(30)19-11-13-21-22-14-12-20(18-24(22)27(32)23(21)17-19)26(31)10-6-8-16-29(3)4/h11-14,17-18,25-27,30-32H,5-10,15-16H2,1-4H3. The fourth-order valence-corrected chi connectivity index (χ4v) is 4.55. The highest BCUT2D eigenvalue weighted by Crippen LogP contribution is 2.45. The SMILES string of the molecule is CN(C)CCCCC(O)c1ccc2c(c1)C(O)c1cc(C(O)CCCCN(C)C)ccc1-2. The van der Waals surface area contributed by atoms with Crippen molar-refractivity contribution in [2.75, 3.05) is 41.3 Å². The largest absolute Gasteiger partial charge is 0.388 e. The molecule has 0 radical (unpaired) electrons. The Labute approximate surface area is 193 Å². The van der Waals surface area contributed by atoms with Gasteiger partial charge in [-0.1, -0.05) is 24.3 Å². The molecular weight excluding hydrogens is 400 g/mol.